The summed E-state index contributed by atoms with van der Waals surface area (Å²) < 4.78 is 103. The molecule has 0 aliphatic carbocycles. The minimum atomic E-state index is -5.62. The number of alkyl halides is 3. The molecule has 2 amide bonds. The topological polar surface area (TPSA) is 317 Å². The SMILES string of the molecule is COC(=O)[C@]1(OC[C@@H](O)[C@@H](OC(C)=O)[C@@H]2O[C@@](Sc3ccc(C)cc3)(C(=O)OC)C[C@H](OC(C)=O)[C@H]2NC(=O)C(F)(F)F)C[C@H](OC(C)=O)[C@@H](NC(C)=O)[C@H]([C@H](OC(C)=O)[C@@H](COC(C)=O)OC(C)=O)O1. The van der Waals surface area contributed by atoms with Gasteiger partial charge in [0.05, 0.1) is 39.3 Å². The van der Waals surface area contributed by atoms with Crippen LogP contribution in [-0.2, 0) is 100 Å². The fourth-order valence-electron chi connectivity index (χ4n) is 7.56. The molecule has 0 radical (unpaired) electrons. The van der Waals surface area contributed by atoms with Crippen molar-refractivity contribution in [3.8, 4) is 0 Å². The maximum atomic E-state index is 14.1. The highest BCUT2D eigenvalue weighted by atomic mass is 32.2. The van der Waals surface area contributed by atoms with E-state index in [4.69, 9.17) is 52.1 Å². The van der Waals surface area contributed by atoms with Crippen LogP contribution >= 0.6 is 11.8 Å². The van der Waals surface area contributed by atoms with Gasteiger partial charge < -0.3 is 67.8 Å². The number of hydrogen-bond acceptors (Lipinski definition) is 23. The smallest absolute Gasteiger partial charge is 0.466 e. The van der Waals surface area contributed by atoms with Gasteiger partial charge in [-0.2, -0.15) is 13.2 Å². The number of ether oxygens (including phenoxy) is 11. The Morgan fingerprint density at radius 2 is 1.20 bits per heavy atom. The lowest BCUT2D eigenvalue weighted by atomic mass is 9.87. The van der Waals surface area contributed by atoms with Crippen LogP contribution < -0.4 is 10.6 Å². The highest BCUT2D eigenvalue weighted by Gasteiger charge is 2.62. The molecule has 3 N–H and O–H groups in total. The van der Waals surface area contributed by atoms with Crippen LogP contribution in [0.1, 0.15) is 66.9 Å². The Hall–Kier alpha value is -6.10. The quantitative estimate of drug-likeness (QED) is 0.119. The fraction of sp³-hybridized carbons (Fsp3) is 0.628. The summed E-state index contributed by atoms with van der Waals surface area (Å²) in [6, 6.07) is 2.38. The molecule has 396 valence electrons. The molecule has 0 saturated carbocycles. The van der Waals surface area contributed by atoms with Crippen LogP contribution in [0.25, 0.3) is 0 Å². The van der Waals surface area contributed by atoms with Gasteiger partial charge in [0.15, 0.2) is 18.3 Å². The average Bonchev–Trinajstić information content (AvgIpc) is 3.25. The first-order chi connectivity index (χ1) is 33.0. The Morgan fingerprint density at radius 1 is 0.690 bits per heavy atom. The molecule has 1 aromatic rings. The normalized spacial score (nSPS) is 25.8. The highest BCUT2D eigenvalue weighted by Crippen LogP contribution is 2.46. The second kappa shape index (κ2) is 25.3. The lowest BCUT2D eigenvalue weighted by Gasteiger charge is -2.49. The van der Waals surface area contributed by atoms with Gasteiger partial charge in [-0.15, -0.1) is 0 Å². The van der Waals surface area contributed by atoms with Gasteiger partial charge in [-0.25, -0.2) is 9.59 Å². The Balaban J connectivity index is 2.34. The molecule has 2 fully saturated rings. The zero-order valence-electron chi connectivity index (χ0n) is 40.0. The van der Waals surface area contributed by atoms with Crippen molar-refractivity contribution >= 4 is 71.3 Å². The molecule has 2 saturated heterocycles. The number of rotatable bonds is 20. The molecule has 24 nitrogen and oxygen atoms in total. The summed E-state index contributed by atoms with van der Waals surface area (Å²) in [4.78, 5) is 126. The predicted molar refractivity (Wildman–Crippen MR) is 227 cm³/mol. The van der Waals surface area contributed by atoms with Crippen molar-refractivity contribution in [3.63, 3.8) is 0 Å². The number of benzene rings is 1. The second-order valence-electron chi connectivity index (χ2n) is 16.0. The lowest BCUT2D eigenvalue weighted by Crippen LogP contribution is -2.70. The first kappa shape index (κ1) is 59.2. The summed E-state index contributed by atoms with van der Waals surface area (Å²) in [5.74, 6) is -15.8. The number of aryl methyl sites for hydroxylation is 1. The van der Waals surface area contributed by atoms with Gasteiger partial charge in [-0.3, -0.25) is 38.4 Å². The number of thioether (sulfide) groups is 1. The van der Waals surface area contributed by atoms with E-state index in [1.807, 2.05) is 0 Å². The molecule has 71 heavy (non-hydrogen) atoms. The molecule has 28 heteroatoms. The van der Waals surface area contributed by atoms with Crippen LogP contribution in [0.4, 0.5) is 13.2 Å². The Morgan fingerprint density at radius 3 is 1.68 bits per heavy atom. The van der Waals surface area contributed by atoms with Crippen molar-refractivity contribution in [1.82, 2.24) is 10.6 Å². The fourth-order valence-corrected chi connectivity index (χ4v) is 8.79. The maximum Gasteiger partial charge on any atom is 0.471 e. The minimum absolute atomic E-state index is 0.270. The predicted octanol–water partition coefficient (Wildman–Crippen LogP) is 0.554. The van der Waals surface area contributed by atoms with Crippen LogP contribution in [0, 0.1) is 6.92 Å². The van der Waals surface area contributed by atoms with E-state index in [0.717, 1.165) is 68.2 Å². The molecular formula is C43H55F3N2O22S. The van der Waals surface area contributed by atoms with E-state index in [-0.39, 0.29) is 4.90 Å². The molecule has 0 bridgehead atoms. The largest absolute Gasteiger partial charge is 0.471 e. The van der Waals surface area contributed by atoms with Crippen molar-refractivity contribution in [3.05, 3.63) is 29.8 Å². The minimum Gasteiger partial charge on any atom is -0.466 e. The number of carbonyl (C=O) groups excluding carboxylic acids is 10. The molecule has 0 spiro atoms. The van der Waals surface area contributed by atoms with E-state index in [9.17, 15) is 66.2 Å². The van der Waals surface area contributed by atoms with E-state index in [0.29, 0.717) is 11.8 Å². The van der Waals surface area contributed by atoms with E-state index < -0.39 is 163 Å². The number of hydrogen-bond donors (Lipinski definition) is 3. The average molecular weight is 1040 g/mol. The molecule has 2 heterocycles. The molecule has 12 atom stereocenters. The number of aliphatic hydroxyl groups excluding tert-OH is 1. The summed E-state index contributed by atoms with van der Waals surface area (Å²) in [6.07, 6.45) is -24.2. The second-order valence-corrected chi connectivity index (χ2v) is 17.3. The molecular weight excluding hydrogens is 986 g/mol. The van der Waals surface area contributed by atoms with Gasteiger partial charge in [0.2, 0.25) is 10.8 Å². The van der Waals surface area contributed by atoms with Gasteiger partial charge >= 0.3 is 59.8 Å². The van der Waals surface area contributed by atoms with E-state index >= 15 is 0 Å². The third kappa shape index (κ3) is 16.5. The number of nitrogens with one attached hydrogen (secondary N) is 2. The third-order valence-corrected chi connectivity index (χ3v) is 11.5. The zero-order chi connectivity index (χ0) is 53.8. The standard InChI is InChI=1S/C43H55F3N2O22S/c1-19-11-13-27(14-12-19)71-42(40(59)61-10)16-30(65-23(5)52)33(48-38(57)43(44,45)46)36(70-42)34(67-25(7)54)28(56)17-63-41(39(58)60-9)15-29(64-22(4)51)32(47-20(2)49)37(69-41)35(68-26(8)55)31(66-24(6)53)18-62-21(3)50/h11-14,28-37,56H,15-18H2,1-10H3,(H,47,49)(H,48,57)/t28-,29+,30+,31-,32-,33-,34-,35-,36-,37-,41+,42+/m1/s1. The molecule has 3 rings (SSSR count). The zero-order valence-corrected chi connectivity index (χ0v) is 40.8. The van der Waals surface area contributed by atoms with Crippen LogP contribution in [-0.4, -0.2) is 170 Å². The lowest BCUT2D eigenvalue weighted by molar-refractivity contribution is -0.320. The van der Waals surface area contributed by atoms with Gasteiger partial charge in [-0.1, -0.05) is 29.5 Å². The van der Waals surface area contributed by atoms with Crippen molar-refractivity contribution in [1.29, 1.82) is 0 Å². The number of aliphatic hydroxyl groups is 1. The Labute approximate surface area is 407 Å². The van der Waals surface area contributed by atoms with Gasteiger partial charge in [0, 0.05) is 59.8 Å². The summed E-state index contributed by atoms with van der Waals surface area (Å²) in [6.45, 7) is 5.87. The summed E-state index contributed by atoms with van der Waals surface area (Å²) >= 11 is 0.608. The van der Waals surface area contributed by atoms with Crippen molar-refractivity contribution in [2.45, 2.75) is 151 Å². The summed E-state index contributed by atoms with van der Waals surface area (Å²) in [7, 11) is 1.73. The van der Waals surface area contributed by atoms with Crippen LogP contribution in [0.15, 0.2) is 29.2 Å². The molecule has 0 unspecified atom stereocenters. The number of amides is 2. The monoisotopic (exact) mass is 1040 g/mol. The van der Waals surface area contributed by atoms with Crippen molar-refractivity contribution < 1.29 is 118 Å². The van der Waals surface area contributed by atoms with Gasteiger partial charge in [0.25, 0.3) is 5.79 Å². The summed E-state index contributed by atoms with van der Waals surface area (Å²) in [5.41, 5.74) is 0.755. The molecule has 0 aromatic heterocycles. The van der Waals surface area contributed by atoms with Crippen LogP contribution in [0.2, 0.25) is 0 Å². The first-order valence-electron chi connectivity index (χ1n) is 21.2. The van der Waals surface area contributed by atoms with E-state index in [1.165, 1.54) is 12.1 Å². The van der Waals surface area contributed by atoms with E-state index in [2.05, 4.69) is 5.32 Å². The molecule has 2 aliphatic rings. The van der Waals surface area contributed by atoms with Crippen LogP contribution in [0.5, 0.6) is 0 Å². The maximum absolute atomic E-state index is 14.1. The van der Waals surface area contributed by atoms with Gasteiger partial charge in [-0.05, 0) is 19.1 Å². The first-order valence-corrected chi connectivity index (χ1v) is 22.0. The van der Waals surface area contributed by atoms with Crippen molar-refractivity contribution in [2.75, 3.05) is 27.4 Å². The molecule has 2 aliphatic heterocycles. The van der Waals surface area contributed by atoms with Crippen molar-refractivity contribution in [2.24, 2.45) is 0 Å². The Bertz CT molecular complexity index is 2150. The number of halogens is 3. The van der Waals surface area contributed by atoms with E-state index in [1.54, 1.807) is 24.4 Å². The van der Waals surface area contributed by atoms with Crippen LogP contribution in [0.3, 0.4) is 0 Å². The summed E-state index contributed by atoms with van der Waals surface area (Å²) in [5, 5.41) is 16.2. The number of carbonyl (C=O) groups is 10. The number of methoxy groups -OCH3 is 2. The third-order valence-electron chi connectivity index (χ3n) is 10.2. The van der Waals surface area contributed by atoms with Gasteiger partial charge in [0.1, 0.15) is 37.1 Å². The highest BCUT2D eigenvalue weighted by molar-refractivity contribution is 8.01. The number of esters is 8. The Kier molecular flexibility index (Phi) is 21.1. The molecule has 1 aromatic carbocycles.